The maximum atomic E-state index is 12.4. The number of carbonyl (C=O) groups is 1. The average Bonchev–Trinajstić information content (AvgIpc) is 2.69. The monoisotopic (exact) mass is 351 g/mol. The van der Waals surface area contributed by atoms with Gasteiger partial charge in [-0.3, -0.25) is 4.79 Å². The van der Waals surface area contributed by atoms with Crippen molar-refractivity contribution in [3.63, 3.8) is 0 Å². The average molecular weight is 351 g/mol. The third kappa shape index (κ3) is 4.26. The molecule has 3 rings (SSSR count). The quantitative estimate of drug-likeness (QED) is 0.644. The summed E-state index contributed by atoms with van der Waals surface area (Å²) in [7, 11) is 0. The van der Waals surface area contributed by atoms with Gasteiger partial charge < -0.3 is 15.1 Å². The third-order valence-corrected chi connectivity index (χ3v) is 5.06. The van der Waals surface area contributed by atoms with Crippen molar-refractivity contribution < 1.29 is 15.0 Å². The van der Waals surface area contributed by atoms with Gasteiger partial charge in [0.2, 0.25) is 5.91 Å². The number of aromatic hydroxyl groups is 2. The zero-order chi connectivity index (χ0) is 18.5. The number of rotatable bonds is 4. The Labute approximate surface area is 154 Å². The molecule has 1 aliphatic heterocycles. The van der Waals surface area contributed by atoms with Gasteiger partial charge in [-0.15, -0.1) is 0 Å². The molecular weight excluding hydrogens is 326 g/mol. The molecule has 1 amide bonds. The number of hydrogen-bond acceptors (Lipinski definition) is 3. The molecule has 2 aromatic carbocycles. The summed E-state index contributed by atoms with van der Waals surface area (Å²) in [6.07, 6.45) is 6.20. The van der Waals surface area contributed by atoms with E-state index < -0.39 is 0 Å². The maximum Gasteiger partial charge on any atom is 0.246 e. The van der Waals surface area contributed by atoms with Gasteiger partial charge >= 0.3 is 0 Å². The lowest BCUT2D eigenvalue weighted by atomic mass is 9.88. The zero-order valence-corrected chi connectivity index (χ0v) is 15.1. The molecular formula is C22H25NO3. The van der Waals surface area contributed by atoms with Gasteiger partial charge in [-0.05, 0) is 60.1 Å². The fraction of sp³-hybridized carbons (Fsp3) is 0.318. The topological polar surface area (TPSA) is 60.8 Å². The molecule has 0 saturated carbocycles. The molecule has 1 fully saturated rings. The van der Waals surface area contributed by atoms with Crippen LogP contribution in [0.15, 0.2) is 48.5 Å². The molecule has 0 bridgehead atoms. The highest BCUT2D eigenvalue weighted by molar-refractivity contribution is 5.92. The number of hydrogen-bond donors (Lipinski definition) is 2. The van der Waals surface area contributed by atoms with Gasteiger partial charge in [-0.2, -0.15) is 0 Å². The van der Waals surface area contributed by atoms with Crippen LogP contribution in [0, 0.1) is 0 Å². The van der Waals surface area contributed by atoms with Gasteiger partial charge in [0.25, 0.3) is 0 Å². The molecule has 0 unspecified atom stereocenters. The summed E-state index contributed by atoms with van der Waals surface area (Å²) in [4.78, 5) is 14.3. The van der Waals surface area contributed by atoms with E-state index in [1.54, 1.807) is 12.1 Å². The molecule has 2 aromatic rings. The summed E-state index contributed by atoms with van der Waals surface area (Å²) in [5.74, 6) is 0.152. The maximum absolute atomic E-state index is 12.4. The van der Waals surface area contributed by atoms with Gasteiger partial charge in [-0.25, -0.2) is 0 Å². The molecule has 0 aromatic heterocycles. The number of carbonyl (C=O) groups excluding carboxylic acids is 1. The number of likely N-dealkylation sites (tertiary alicyclic amines) is 1. The Hall–Kier alpha value is -2.75. The summed E-state index contributed by atoms with van der Waals surface area (Å²) in [5, 5.41) is 18.8. The van der Waals surface area contributed by atoms with Gasteiger partial charge in [0.1, 0.15) is 0 Å². The molecule has 0 spiro atoms. The number of phenolic OH excluding ortho intramolecular Hbond substituents is 2. The zero-order valence-electron chi connectivity index (χ0n) is 15.1. The summed E-state index contributed by atoms with van der Waals surface area (Å²) in [6, 6.07) is 13.3. The Kier molecular flexibility index (Phi) is 5.61. The van der Waals surface area contributed by atoms with Crippen LogP contribution in [0.4, 0.5) is 0 Å². The lowest BCUT2D eigenvalue weighted by molar-refractivity contribution is -0.126. The van der Waals surface area contributed by atoms with E-state index in [2.05, 4.69) is 31.2 Å². The molecule has 0 radical (unpaired) electrons. The molecule has 1 saturated heterocycles. The van der Waals surface area contributed by atoms with Gasteiger partial charge in [0.05, 0.1) is 0 Å². The van der Waals surface area contributed by atoms with Crippen molar-refractivity contribution in [1.29, 1.82) is 0 Å². The highest BCUT2D eigenvalue weighted by Gasteiger charge is 2.22. The van der Waals surface area contributed by atoms with Crippen molar-refractivity contribution in [2.24, 2.45) is 0 Å². The molecule has 4 heteroatoms. The number of nitrogens with zero attached hydrogens (tertiary/aromatic N) is 1. The van der Waals surface area contributed by atoms with Crippen molar-refractivity contribution in [3.8, 4) is 11.5 Å². The number of amides is 1. The van der Waals surface area contributed by atoms with Crippen molar-refractivity contribution in [2.45, 2.75) is 32.1 Å². The molecule has 2 N–H and O–H groups in total. The first-order valence-corrected chi connectivity index (χ1v) is 9.14. The second-order valence-electron chi connectivity index (χ2n) is 6.78. The van der Waals surface area contributed by atoms with E-state index in [1.807, 2.05) is 4.90 Å². The van der Waals surface area contributed by atoms with Crippen molar-refractivity contribution in [3.05, 3.63) is 65.2 Å². The van der Waals surface area contributed by atoms with Crippen molar-refractivity contribution >= 4 is 12.0 Å². The van der Waals surface area contributed by atoms with Crippen LogP contribution in [-0.2, 0) is 11.2 Å². The normalized spacial score (nSPS) is 15.5. The largest absolute Gasteiger partial charge is 0.504 e. The molecule has 0 aliphatic carbocycles. The second kappa shape index (κ2) is 8.09. The van der Waals surface area contributed by atoms with Crippen LogP contribution in [-0.4, -0.2) is 34.1 Å². The van der Waals surface area contributed by atoms with Gasteiger partial charge in [0.15, 0.2) is 11.5 Å². The van der Waals surface area contributed by atoms with E-state index in [4.69, 9.17) is 0 Å². The molecule has 0 atom stereocenters. The first-order chi connectivity index (χ1) is 12.6. The molecule has 26 heavy (non-hydrogen) atoms. The Morgan fingerprint density at radius 2 is 1.88 bits per heavy atom. The van der Waals surface area contributed by atoms with Crippen molar-refractivity contribution in [2.75, 3.05) is 13.1 Å². The minimum Gasteiger partial charge on any atom is -0.504 e. The number of piperidine rings is 1. The minimum absolute atomic E-state index is 0.0154. The predicted octanol–water partition coefficient (Wildman–Crippen LogP) is 4.08. The molecule has 1 heterocycles. The van der Waals surface area contributed by atoms with E-state index in [-0.39, 0.29) is 17.4 Å². The minimum atomic E-state index is -0.185. The van der Waals surface area contributed by atoms with Crippen LogP contribution >= 0.6 is 0 Å². The SMILES string of the molecule is CCc1cccc(C2CCN(C(=O)/C=C\c3ccc(O)c(O)c3)CC2)c1. The van der Waals surface area contributed by atoms with Crippen LogP contribution in [0.3, 0.4) is 0 Å². The Bertz CT molecular complexity index is 805. The highest BCUT2D eigenvalue weighted by atomic mass is 16.3. The number of phenols is 2. The Morgan fingerprint density at radius 3 is 2.58 bits per heavy atom. The third-order valence-electron chi connectivity index (χ3n) is 5.06. The summed E-state index contributed by atoms with van der Waals surface area (Å²) < 4.78 is 0. The van der Waals surface area contributed by atoms with Crippen molar-refractivity contribution in [1.82, 2.24) is 4.90 Å². The standard InChI is InChI=1S/C22H25NO3/c1-2-16-4-3-5-19(14-16)18-10-12-23(13-11-18)22(26)9-7-17-6-8-20(24)21(25)15-17/h3-9,14-15,18,24-25H,2,10-13H2,1H3/b9-7-. The highest BCUT2D eigenvalue weighted by Crippen LogP contribution is 2.29. The van der Waals surface area contributed by atoms with Crippen LogP contribution < -0.4 is 0 Å². The summed E-state index contributed by atoms with van der Waals surface area (Å²) >= 11 is 0. The van der Waals surface area contributed by atoms with Crippen LogP contribution in [0.5, 0.6) is 11.5 Å². The van der Waals surface area contributed by atoms with Gasteiger partial charge in [0, 0.05) is 19.2 Å². The lowest BCUT2D eigenvalue weighted by Crippen LogP contribution is -2.36. The van der Waals surface area contributed by atoms with E-state index in [0.29, 0.717) is 11.5 Å². The molecule has 136 valence electrons. The fourth-order valence-electron chi connectivity index (χ4n) is 3.42. The summed E-state index contributed by atoms with van der Waals surface area (Å²) in [5.41, 5.74) is 3.42. The van der Waals surface area contributed by atoms with E-state index in [1.165, 1.54) is 29.3 Å². The second-order valence-corrected chi connectivity index (χ2v) is 6.78. The van der Waals surface area contributed by atoms with E-state index in [9.17, 15) is 15.0 Å². The van der Waals surface area contributed by atoms with E-state index >= 15 is 0 Å². The smallest absolute Gasteiger partial charge is 0.246 e. The Morgan fingerprint density at radius 1 is 1.12 bits per heavy atom. The first-order valence-electron chi connectivity index (χ1n) is 9.14. The van der Waals surface area contributed by atoms with Gasteiger partial charge in [-0.1, -0.05) is 37.3 Å². The molecule has 1 aliphatic rings. The lowest BCUT2D eigenvalue weighted by Gasteiger charge is -2.31. The first kappa shape index (κ1) is 18.1. The van der Waals surface area contributed by atoms with Crippen LogP contribution in [0.2, 0.25) is 0 Å². The van der Waals surface area contributed by atoms with Crippen LogP contribution in [0.25, 0.3) is 6.08 Å². The number of aryl methyl sites for hydroxylation is 1. The van der Waals surface area contributed by atoms with Crippen LogP contribution in [0.1, 0.15) is 42.4 Å². The molecule has 4 nitrogen and oxygen atoms in total. The Balaban J connectivity index is 1.57. The fourth-order valence-corrected chi connectivity index (χ4v) is 3.42. The van der Waals surface area contributed by atoms with E-state index in [0.717, 1.165) is 32.4 Å². The number of benzene rings is 2. The predicted molar refractivity (Wildman–Crippen MR) is 103 cm³/mol. The summed E-state index contributed by atoms with van der Waals surface area (Å²) in [6.45, 7) is 3.68.